The number of hydrogen-bond donors (Lipinski definition) is 3. The number of sulfonamides is 1. The molecule has 1 unspecified atom stereocenters. The van der Waals surface area contributed by atoms with Gasteiger partial charge in [-0.1, -0.05) is 12.1 Å². The van der Waals surface area contributed by atoms with E-state index in [1.54, 1.807) is 37.3 Å². The summed E-state index contributed by atoms with van der Waals surface area (Å²) in [7, 11) is -1.89. The molecule has 0 spiro atoms. The van der Waals surface area contributed by atoms with Gasteiger partial charge in [-0.25, -0.2) is 22.8 Å². The highest BCUT2D eigenvalue weighted by Crippen LogP contribution is 2.27. The first-order chi connectivity index (χ1) is 22.6. The number of piperazine rings is 1. The van der Waals surface area contributed by atoms with Crippen LogP contribution in [0.4, 0.5) is 21.6 Å². The number of carboxylic acid groups (broad SMARTS) is 1. The number of carbonyl (C=O) groups is 1. The highest BCUT2D eigenvalue weighted by molar-refractivity contribution is 7.92. The fraction of sp³-hybridized carbons (Fsp3) is 0.265. The van der Waals surface area contributed by atoms with Gasteiger partial charge in [0, 0.05) is 78.9 Å². The van der Waals surface area contributed by atoms with Gasteiger partial charge in [0.1, 0.15) is 22.9 Å². The molecular formula is C34H38FN7O4S. The average molecular weight is 660 g/mol. The van der Waals surface area contributed by atoms with E-state index in [9.17, 15) is 12.8 Å². The lowest BCUT2D eigenvalue weighted by Gasteiger charge is -2.36. The third kappa shape index (κ3) is 8.30. The van der Waals surface area contributed by atoms with E-state index >= 15 is 0 Å². The third-order valence-electron chi connectivity index (χ3n) is 8.14. The lowest BCUT2D eigenvalue weighted by molar-refractivity contribution is -0.122. The molecule has 1 fully saturated rings. The SMILES string of the molecule is Cc1ccc(S(=O)(=O)Nc2ccc(Nc3cc(-c4ccc5c(ccn5CC(C)N5CCN(C)CC5)c4)ncn3)cc2)c(F)c1.O=CO. The van der Waals surface area contributed by atoms with Crippen molar-refractivity contribution in [1.29, 1.82) is 0 Å². The van der Waals surface area contributed by atoms with Crippen molar-refractivity contribution in [3.8, 4) is 11.3 Å². The van der Waals surface area contributed by atoms with E-state index in [1.807, 2.05) is 6.07 Å². The molecule has 3 heterocycles. The molecule has 47 heavy (non-hydrogen) atoms. The number of fused-ring (bicyclic) bond motifs is 1. The Morgan fingerprint density at radius 3 is 2.36 bits per heavy atom. The molecule has 1 saturated heterocycles. The first-order valence-electron chi connectivity index (χ1n) is 15.1. The summed E-state index contributed by atoms with van der Waals surface area (Å²) in [5.74, 6) is -0.188. The summed E-state index contributed by atoms with van der Waals surface area (Å²) in [5.41, 5.74) is 4.64. The zero-order valence-electron chi connectivity index (χ0n) is 26.5. The summed E-state index contributed by atoms with van der Waals surface area (Å²) in [5, 5.41) is 11.3. The fourth-order valence-corrected chi connectivity index (χ4v) is 6.69. The Morgan fingerprint density at radius 1 is 0.957 bits per heavy atom. The Labute approximate surface area is 273 Å². The van der Waals surface area contributed by atoms with Crippen LogP contribution in [-0.4, -0.2) is 83.6 Å². The van der Waals surface area contributed by atoms with Crippen molar-refractivity contribution in [2.24, 2.45) is 0 Å². The van der Waals surface area contributed by atoms with Crippen molar-refractivity contribution in [3.05, 3.63) is 96.7 Å². The van der Waals surface area contributed by atoms with Crippen molar-refractivity contribution >= 4 is 44.6 Å². The second-order valence-electron chi connectivity index (χ2n) is 11.6. The number of anilines is 3. The second-order valence-corrected chi connectivity index (χ2v) is 13.2. The predicted molar refractivity (Wildman–Crippen MR) is 182 cm³/mol. The number of benzene rings is 3. The van der Waals surface area contributed by atoms with Gasteiger partial charge in [-0.3, -0.25) is 14.4 Å². The Morgan fingerprint density at radius 2 is 1.66 bits per heavy atom. The predicted octanol–water partition coefficient (Wildman–Crippen LogP) is 5.43. The van der Waals surface area contributed by atoms with Crippen molar-refractivity contribution in [3.63, 3.8) is 0 Å². The first kappa shape index (κ1) is 33.5. The van der Waals surface area contributed by atoms with E-state index in [-0.39, 0.29) is 6.47 Å². The van der Waals surface area contributed by atoms with Gasteiger partial charge in [0.05, 0.1) is 5.69 Å². The molecular weight excluding hydrogens is 621 g/mol. The number of aromatic nitrogens is 3. The molecule has 6 rings (SSSR count). The summed E-state index contributed by atoms with van der Waals surface area (Å²) < 4.78 is 44.4. The van der Waals surface area contributed by atoms with Gasteiger partial charge >= 0.3 is 0 Å². The lowest BCUT2D eigenvalue weighted by atomic mass is 10.1. The molecule has 2 aromatic heterocycles. The van der Waals surface area contributed by atoms with E-state index in [4.69, 9.17) is 9.90 Å². The molecule has 0 bridgehead atoms. The number of aryl methyl sites for hydroxylation is 1. The zero-order chi connectivity index (χ0) is 33.6. The minimum atomic E-state index is -4.07. The Balaban J connectivity index is 0.00000139. The second kappa shape index (κ2) is 14.7. The van der Waals surface area contributed by atoms with Crippen LogP contribution in [-0.2, 0) is 21.4 Å². The molecule has 246 valence electrons. The molecule has 1 atom stereocenters. The Hall–Kier alpha value is -4.85. The van der Waals surface area contributed by atoms with E-state index in [0.717, 1.165) is 49.4 Å². The van der Waals surface area contributed by atoms with Crippen LogP contribution < -0.4 is 10.0 Å². The topological polar surface area (TPSA) is 133 Å². The smallest absolute Gasteiger partial charge is 0.290 e. The van der Waals surface area contributed by atoms with Crippen LogP contribution in [0.1, 0.15) is 12.5 Å². The molecule has 5 aromatic rings. The van der Waals surface area contributed by atoms with Crippen LogP contribution in [0.3, 0.4) is 0 Å². The van der Waals surface area contributed by atoms with Gasteiger partial charge in [0.25, 0.3) is 16.5 Å². The summed E-state index contributed by atoms with van der Waals surface area (Å²) >= 11 is 0. The molecule has 3 N–H and O–H groups in total. The third-order valence-corrected chi connectivity index (χ3v) is 9.56. The molecule has 1 aliphatic heterocycles. The molecule has 13 heteroatoms. The van der Waals surface area contributed by atoms with Crippen molar-refractivity contribution in [1.82, 2.24) is 24.3 Å². The van der Waals surface area contributed by atoms with Gasteiger partial charge in [-0.2, -0.15) is 0 Å². The van der Waals surface area contributed by atoms with Gasteiger partial charge < -0.3 is 19.9 Å². The van der Waals surface area contributed by atoms with Gasteiger partial charge in [-0.15, -0.1) is 0 Å². The molecule has 11 nitrogen and oxygen atoms in total. The zero-order valence-corrected chi connectivity index (χ0v) is 27.3. The van der Waals surface area contributed by atoms with E-state index in [0.29, 0.717) is 28.8 Å². The quantitative estimate of drug-likeness (QED) is 0.177. The maximum Gasteiger partial charge on any atom is 0.290 e. The lowest BCUT2D eigenvalue weighted by Crippen LogP contribution is -2.49. The number of rotatable bonds is 9. The van der Waals surface area contributed by atoms with Crippen LogP contribution in [0, 0.1) is 12.7 Å². The summed E-state index contributed by atoms with van der Waals surface area (Å²) in [6.07, 6.45) is 3.68. The number of halogens is 1. The molecule has 0 amide bonds. The number of nitrogens with one attached hydrogen (secondary N) is 2. The fourth-order valence-electron chi connectivity index (χ4n) is 5.57. The number of likely N-dealkylation sites (N-methyl/N-ethyl adjacent to an activating group) is 1. The maximum absolute atomic E-state index is 14.3. The minimum Gasteiger partial charge on any atom is -0.483 e. The molecule has 0 aliphatic carbocycles. The van der Waals surface area contributed by atoms with Crippen molar-refractivity contribution in [2.45, 2.75) is 31.3 Å². The highest BCUT2D eigenvalue weighted by atomic mass is 32.2. The summed E-state index contributed by atoms with van der Waals surface area (Å²) in [6.45, 7) is 9.12. The number of hydrogen-bond acceptors (Lipinski definition) is 8. The van der Waals surface area contributed by atoms with Crippen LogP contribution >= 0.6 is 0 Å². The first-order valence-corrected chi connectivity index (χ1v) is 16.6. The van der Waals surface area contributed by atoms with Gasteiger partial charge in [0.2, 0.25) is 0 Å². The van der Waals surface area contributed by atoms with Gasteiger partial charge in [-0.05, 0) is 81.1 Å². The van der Waals surface area contributed by atoms with E-state index in [2.05, 4.69) is 78.8 Å². The van der Waals surface area contributed by atoms with E-state index in [1.165, 1.54) is 24.0 Å². The van der Waals surface area contributed by atoms with Crippen LogP contribution in [0.25, 0.3) is 22.2 Å². The van der Waals surface area contributed by atoms with Crippen LogP contribution in [0.15, 0.2) is 90.2 Å². The summed E-state index contributed by atoms with van der Waals surface area (Å²) in [4.78, 5) is 21.8. The highest BCUT2D eigenvalue weighted by Gasteiger charge is 2.21. The molecule has 0 radical (unpaired) electrons. The monoisotopic (exact) mass is 659 g/mol. The largest absolute Gasteiger partial charge is 0.483 e. The molecule has 1 aliphatic rings. The van der Waals surface area contributed by atoms with Crippen LogP contribution in [0.5, 0.6) is 0 Å². The molecule has 0 saturated carbocycles. The number of nitrogens with zero attached hydrogens (tertiary/aromatic N) is 5. The van der Waals surface area contributed by atoms with Gasteiger partial charge in [0.15, 0.2) is 0 Å². The average Bonchev–Trinajstić information content (AvgIpc) is 3.44. The van der Waals surface area contributed by atoms with Crippen molar-refractivity contribution < 1.29 is 22.7 Å². The Kier molecular flexibility index (Phi) is 10.5. The van der Waals surface area contributed by atoms with Crippen molar-refractivity contribution in [2.75, 3.05) is 43.3 Å². The maximum atomic E-state index is 14.3. The van der Waals surface area contributed by atoms with E-state index < -0.39 is 20.7 Å². The van der Waals surface area contributed by atoms with Crippen LogP contribution in [0.2, 0.25) is 0 Å². The standard InChI is InChI=1S/C33H36FN7O2S.CH2O2/c1-23-4-11-32(29(34)18-23)44(42,43)38-28-8-6-27(7-9-28)37-33-20-30(35-22-36-33)25-5-10-31-26(19-25)12-13-41(31)21-24(2)40-16-14-39(3)15-17-40;2-1-3/h4-13,18-20,22,24,38H,14-17,21H2,1-3H3,(H,35,36,37);1H,(H,2,3). The Bertz CT molecular complexity index is 1940. The molecule has 3 aromatic carbocycles. The minimum absolute atomic E-state index is 0.250. The normalized spacial score (nSPS) is 14.6. The summed E-state index contributed by atoms with van der Waals surface area (Å²) in [6, 6.07) is 21.6.